The first-order chi connectivity index (χ1) is 31.9. The molecule has 0 fully saturated rings. The van der Waals surface area contributed by atoms with Crippen LogP contribution in [0.25, 0.3) is 54.9 Å². The molecule has 0 bridgehead atoms. The highest BCUT2D eigenvalue weighted by Crippen LogP contribution is 2.58. The summed E-state index contributed by atoms with van der Waals surface area (Å²) in [5.41, 5.74) is 9.83. The molecule has 10 aromatic carbocycles. The van der Waals surface area contributed by atoms with Crippen LogP contribution < -0.4 is 9.47 Å². The van der Waals surface area contributed by atoms with Crippen molar-refractivity contribution >= 4 is 33.5 Å². The summed E-state index contributed by atoms with van der Waals surface area (Å²) >= 11 is 0. The zero-order chi connectivity index (χ0) is 44.1. The van der Waals surface area contributed by atoms with Crippen molar-refractivity contribution in [1.82, 2.24) is 0 Å². The Labute approximate surface area is 374 Å². The topological polar surface area (TPSA) is 93.1 Å². The van der Waals surface area contributed by atoms with E-state index in [0.29, 0.717) is 23.0 Å². The Kier molecular flexibility index (Phi) is 9.55. The van der Waals surface area contributed by atoms with Gasteiger partial charge in [0.05, 0.1) is 16.5 Å². The van der Waals surface area contributed by atoms with Crippen molar-refractivity contribution in [3.63, 3.8) is 0 Å². The first kappa shape index (κ1) is 39.1. The lowest BCUT2D eigenvalue weighted by Crippen LogP contribution is -2.28. The molecule has 0 unspecified atom stereocenters. The molecule has 2 N–H and O–H groups in total. The van der Waals surface area contributed by atoms with Crippen LogP contribution in [-0.4, -0.2) is 22.2 Å². The van der Waals surface area contributed by atoms with Crippen molar-refractivity contribution in [2.24, 2.45) is 0 Å². The van der Waals surface area contributed by atoms with Crippen molar-refractivity contribution in [2.75, 3.05) is 0 Å². The first-order valence-corrected chi connectivity index (χ1v) is 21.3. The molecule has 0 spiro atoms. The van der Waals surface area contributed by atoms with Gasteiger partial charge < -0.3 is 19.7 Å². The van der Waals surface area contributed by atoms with Gasteiger partial charge in [-0.05, 0) is 139 Å². The molecule has 0 amide bonds. The number of fused-ring (bicyclic) bond motifs is 5. The van der Waals surface area contributed by atoms with Gasteiger partial charge in [-0.1, -0.05) is 146 Å². The summed E-state index contributed by atoms with van der Waals surface area (Å²) in [6.07, 6.45) is 0. The minimum atomic E-state index is -1.00. The van der Waals surface area contributed by atoms with E-state index in [1.807, 2.05) is 36.4 Å². The summed E-state index contributed by atoms with van der Waals surface area (Å²) < 4.78 is 13.4. The number of aromatic carboxylic acids is 2. The summed E-state index contributed by atoms with van der Waals surface area (Å²) in [4.78, 5) is 23.5. The Bertz CT molecular complexity index is 3250. The molecule has 0 aromatic heterocycles. The molecule has 310 valence electrons. The number of ether oxygens (including phenoxy) is 2. The van der Waals surface area contributed by atoms with Gasteiger partial charge in [0.15, 0.2) is 0 Å². The molecule has 0 saturated heterocycles. The maximum atomic E-state index is 11.7. The molecule has 65 heavy (non-hydrogen) atoms. The molecule has 1 aliphatic rings. The van der Waals surface area contributed by atoms with Gasteiger partial charge in [-0.3, -0.25) is 0 Å². The molecular weight excluding hydrogens is 805 g/mol. The Morgan fingerprint density at radius 1 is 0.354 bits per heavy atom. The van der Waals surface area contributed by atoms with Gasteiger partial charge in [0.2, 0.25) is 0 Å². The van der Waals surface area contributed by atoms with Gasteiger partial charge in [-0.2, -0.15) is 0 Å². The van der Waals surface area contributed by atoms with Crippen molar-refractivity contribution in [1.29, 1.82) is 0 Å². The summed E-state index contributed by atoms with van der Waals surface area (Å²) in [5.74, 6) is 0.274. The quantitative estimate of drug-likeness (QED) is 0.142. The van der Waals surface area contributed by atoms with E-state index in [-0.39, 0.29) is 11.1 Å². The highest BCUT2D eigenvalue weighted by Gasteiger charge is 2.46. The number of carboxylic acid groups (broad SMARTS) is 2. The maximum Gasteiger partial charge on any atom is 0.335 e. The summed E-state index contributed by atoms with van der Waals surface area (Å²) in [7, 11) is 0. The Morgan fingerprint density at radius 3 is 1.15 bits per heavy atom. The second-order valence-corrected chi connectivity index (χ2v) is 16.2. The summed E-state index contributed by atoms with van der Waals surface area (Å²) in [6.45, 7) is 0. The average Bonchev–Trinajstić information content (AvgIpc) is 3.65. The molecule has 1 aliphatic carbocycles. The SMILES string of the molecule is O=C(O)c1ccc(Oc2ccc(C3(c4ccc(Oc5ccc(C(=O)O)cc5)c(-c5cccc6ccccc56)c4)c4ccccc4-c4ccccc43)cc2-c2cccc3ccccc23)cc1. The Balaban J connectivity index is 1.19. The van der Waals surface area contributed by atoms with E-state index in [4.69, 9.17) is 9.47 Å². The smallest absolute Gasteiger partial charge is 0.335 e. The van der Waals surface area contributed by atoms with Crippen molar-refractivity contribution in [3.8, 4) is 56.4 Å². The third-order valence-corrected chi connectivity index (χ3v) is 12.6. The van der Waals surface area contributed by atoms with Crippen LogP contribution in [0, 0.1) is 0 Å². The maximum absolute atomic E-state index is 11.7. The molecule has 6 nitrogen and oxygen atoms in total. The number of benzene rings is 10. The van der Waals surface area contributed by atoms with E-state index in [1.54, 1.807) is 48.5 Å². The predicted molar refractivity (Wildman–Crippen MR) is 257 cm³/mol. The van der Waals surface area contributed by atoms with Gasteiger partial charge in [0.25, 0.3) is 0 Å². The van der Waals surface area contributed by atoms with Gasteiger partial charge in [0, 0.05) is 11.1 Å². The minimum Gasteiger partial charge on any atom is -0.478 e. The molecule has 0 saturated carbocycles. The molecule has 0 atom stereocenters. The second-order valence-electron chi connectivity index (χ2n) is 16.2. The molecule has 11 rings (SSSR count). The van der Waals surface area contributed by atoms with E-state index in [1.165, 1.54) is 0 Å². The fraction of sp³-hybridized carbons (Fsp3) is 0.0169. The number of hydrogen-bond acceptors (Lipinski definition) is 4. The summed E-state index contributed by atoms with van der Waals surface area (Å²) in [6, 6.07) is 72.3. The van der Waals surface area contributed by atoms with Gasteiger partial charge in [0.1, 0.15) is 23.0 Å². The second kappa shape index (κ2) is 15.9. The molecule has 0 radical (unpaired) electrons. The number of hydrogen-bond donors (Lipinski definition) is 2. The lowest BCUT2D eigenvalue weighted by Gasteiger charge is -2.35. The van der Waals surface area contributed by atoms with Crippen LogP contribution in [0.15, 0.2) is 218 Å². The molecular formula is C59H38O6. The molecule has 0 aliphatic heterocycles. The van der Waals surface area contributed by atoms with Crippen molar-refractivity contribution < 1.29 is 29.3 Å². The zero-order valence-electron chi connectivity index (χ0n) is 34.8. The van der Waals surface area contributed by atoms with Gasteiger partial charge in [-0.25, -0.2) is 9.59 Å². The van der Waals surface area contributed by atoms with Crippen LogP contribution in [0.5, 0.6) is 23.0 Å². The molecule has 6 heteroatoms. The fourth-order valence-electron chi connectivity index (χ4n) is 9.65. The highest BCUT2D eigenvalue weighted by molar-refractivity contribution is 6.00. The van der Waals surface area contributed by atoms with E-state index in [0.717, 1.165) is 77.2 Å². The largest absolute Gasteiger partial charge is 0.478 e. The number of carboxylic acids is 2. The number of rotatable bonds is 10. The summed E-state index contributed by atoms with van der Waals surface area (Å²) in [5, 5.41) is 23.6. The first-order valence-electron chi connectivity index (χ1n) is 21.3. The molecule has 0 heterocycles. The fourth-order valence-corrected chi connectivity index (χ4v) is 9.65. The van der Waals surface area contributed by atoms with Crippen LogP contribution in [0.1, 0.15) is 43.0 Å². The van der Waals surface area contributed by atoms with E-state index >= 15 is 0 Å². The molecule has 10 aromatic rings. The predicted octanol–water partition coefficient (Wildman–Crippen LogP) is 14.7. The lowest BCUT2D eigenvalue weighted by molar-refractivity contribution is 0.0686. The van der Waals surface area contributed by atoms with E-state index in [2.05, 4.69) is 133 Å². The van der Waals surface area contributed by atoms with E-state index < -0.39 is 17.4 Å². The third-order valence-electron chi connectivity index (χ3n) is 12.6. The monoisotopic (exact) mass is 842 g/mol. The van der Waals surface area contributed by atoms with Crippen molar-refractivity contribution in [3.05, 3.63) is 252 Å². The Hall–Kier alpha value is -8.74. The van der Waals surface area contributed by atoms with Crippen LogP contribution in [0.2, 0.25) is 0 Å². The minimum absolute atomic E-state index is 0.179. The number of carbonyl (C=O) groups is 2. The van der Waals surface area contributed by atoms with Crippen LogP contribution in [0.4, 0.5) is 0 Å². The van der Waals surface area contributed by atoms with E-state index in [9.17, 15) is 19.8 Å². The van der Waals surface area contributed by atoms with Crippen LogP contribution in [0.3, 0.4) is 0 Å². The van der Waals surface area contributed by atoms with Crippen LogP contribution in [-0.2, 0) is 5.41 Å². The average molecular weight is 843 g/mol. The Morgan fingerprint density at radius 2 is 0.723 bits per heavy atom. The lowest BCUT2D eigenvalue weighted by atomic mass is 9.67. The third kappa shape index (κ3) is 6.67. The van der Waals surface area contributed by atoms with Crippen LogP contribution >= 0.6 is 0 Å². The standard InChI is InChI=1S/C59H38O6/c60-57(61)39-23-29-43(30-24-39)64-55-33-27-41(35-51(55)47-19-9-13-37-11-1-3-15-45(37)47)59(53-21-7-5-17-49(53)50-18-6-8-22-54(50)59)42-28-34-56(65-44-31-25-40(26-32-44)58(62)63)52(36-42)48-20-10-14-38-12-2-4-16-46(38)48/h1-36H,(H,60,61)(H,62,63). The normalized spacial score (nSPS) is 12.4. The zero-order valence-corrected chi connectivity index (χ0v) is 34.8. The van der Waals surface area contributed by atoms with Crippen molar-refractivity contribution in [2.45, 2.75) is 5.41 Å². The highest BCUT2D eigenvalue weighted by atomic mass is 16.5. The van der Waals surface area contributed by atoms with Gasteiger partial charge in [-0.15, -0.1) is 0 Å². The van der Waals surface area contributed by atoms with Gasteiger partial charge >= 0.3 is 11.9 Å².